The number of rotatable bonds is 8. The number of nitrogens with one attached hydrogen (secondary N) is 2. The van der Waals surface area contributed by atoms with E-state index in [1.165, 1.54) is 18.2 Å². The molecule has 0 aliphatic carbocycles. The molecule has 3 aromatic rings. The number of carbonyl (C=O) groups is 1. The van der Waals surface area contributed by atoms with Gasteiger partial charge in [0.1, 0.15) is 18.2 Å². The summed E-state index contributed by atoms with van der Waals surface area (Å²) in [6.45, 7) is 0.433. The SMILES string of the molecule is CS(=O)(=O)Nc1cc(NC(=O)/C=C/c2cccc(OCc3ccccc3)c2)ccc1F. The normalized spacial score (nSPS) is 11.3. The number of hydrogen-bond acceptors (Lipinski definition) is 4. The number of hydrogen-bond donors (Lipinski definition) is 2. The van der Waals surface area contributed by atoms with Gasteiger partial charge in [0, 0.05) is 11.8 Å². The summed E-state index contributed by atoms with van der Waals surface area (Å²) in [4.78, 5) is 12.2. The lowest BCUT2D eigenvalue weighted by molar-refractivity contribution is -0.111. The summed E-state index contributed by atoms with van der Waals surface area (Å²) in [5.41, 5.74) is 1.82. The lowest BCUT2D eigenvalue weighted by Crippen LogP contribution is -2.12. The molecule has 6 nitrogen and oxygen atoms in total. The molecule has 8 heteroatoms. The maximum Gasteiger partial charge on any atom is 0.248 e. The first-order chi connectivity index (χ1) is 14.8. The van der Waals surface area contributed by atoms with Gasteiger partial charge >= 0.3 is 0 Å². The summed E-state index contributed by atoms with van der Waals surface area (Å²) in [6.07, 6.45) is 3.85. The van der Waals surface area contributed by atoms with Crippen LogP contribution in [0.3, 0.4) is 0 Å². The van der Waals surface area contributed by atoms with Crippen LogP contribution in [0.5, 0.6) is 5.75 Å². The fraction of sp³-hybridized carbons (Fsp3) is 0.0870. The van der Waals surface area contributed by atoms with Gasteiger partial charge in [0.2, 0.25) is 15.9 Å². The smallest absolute Gasteiger partial charge is 0.248 e. The van der Waals surface area contributed by atoms with E-state index in [1.807, 2.05) is 48.5 Å². The predicted molar refractivity (Wildman–Crippen MR) is 120 cm³/mol. The Kier molecular flexibility index (Phi) is 7.04. The number of halogens is 1. The first kappa shape index (κ1) is 22.0. The van der Waals surface area contributed by atoms with Crippen molar-refractivity contribution in [2.24, 2.45) is 0 Å². The molecule has 3 rings (SSSR count). The molecule has 1 amide bonds. The summed E-state index contributed by atoms with van der Waals surface area (Å²) in [7, 11) is -3.65. The molecule has 0 aromatic heterocycles. The van der Waals surface area contributed by atoms with E-state index in [4.69, 9.17) is 4.74 Å². The second-order valence-corrected chi connectivity index (χ2v) is 8.49. The Labute approximate surface area is 180 Å². The van der Waals surface area contributed by atoms with Crippen LogP contribution in [0, 0.1) is 5.82 Å². The summed E-state index contributed by atoms with van der Waals surface area (Å²) in [5, 5.41) is 2.57. The molecular weight excluding hydrogens is 419 g/mol. The molecule has 0 radical (unpaired) electrons. The molecule has 160 valence electrons. The van der Waals surface area contributed by atoms with E-state index < -0.39 is 21.7 Å². The van der Waals surface area contributed by atoms with Crippen molar-refractivity contribution in [3.05, 3.63) is 95.8 Å². The number of carbonyl (C=O) groups excluding carboxylic acids is 1. The Bertz CT molecular complexity index is 1200. The van der Waals surface area contributed by atoms with Crippen molar-refractivity contribution >= 4 is 33.4 Å². The molecule has 31 heavy (non-hydrogen) atoms. The van der Waals surface area contributed by atoms with E-state index in [0.717, 1.165) is 23.4 Å². The molecule has 0 atom stereocenters. The fourth-order valence-corrected chi connectivity index (χ4v) is 3.24. The lowest BCUT2D eigenvalue weighted by Gasteiger charge is -2.08. The van der Waals surface area contributed by atoms with Gasteiger partial charge in [-0.25, -0.2) is 12.8 Å². The molecule has 0 aliphatic heterocycles. The second kappa shape index (κ2) is 9.90. The number of benzene rings is 3. The van der Waals surface area contributed by atoms with Crippen LogP contribution in [0.15, 0.2) is 78.9 Å². The number of ether oxygens (including phenoxy) is 1. The first-order valence-corrected chi connectivity index (χ1v) is 11.2. The monoisotopic (exact) mass is 440 g/mol. The fourth-order valence-electron chi connectivity index (χ4n) is 2.69. The maximum absolute atomic E-state index is 13.8. The molecule has 0 bridgehead atoms. The minimum absolute atomic E-state index is 0.243. The molecule has 0 spiro atoms. The Hall–Kier alpha value is -3.65. The second-order valence-electron chi connectivity index (χ2n) is 6.74. The predicted octanol–water partition coefficient (Wildman–Crippen LogP) is 4.43. The van der Waals surface area contributed by atoms with Gasteiger partial charge in [0.05, 0.1) is 11.9 Å². The van der Waals surface area contributed by atoms with E-state index in [0.29, 0.717) is 12.4 Å². The third kappa shape index (κ3) is 7.27. The topological polar surface area (TPSA) is 84.5 Å². The first-order valence-electron chi connectivity index (χ1n) is 9.32. The van der Waals surface area contributed by atoms with Crippen LogP contribution < -0.4 is 14.8 Å². The quantitative estimate of drug-likeness (QED) is 0.508. The van der Waals surface area contributed by atoms with Crippen LogP contribution in [0.4, 0.5) is 15.8 Å². The van der Waals surface area contributed by atoms with E-state index >= 15 is 0 Å². The molecular formula is C23H21FN2O4S. The van der Waals surface area contributed by atoms with Crippen LogP contribution in [0.25, 0.3) is 6.08 Å². The molecule has 3 aromatic carbocycles. The van der Waals surface area contributed by atoms with Crippen molar-refractivity contribution in [1.82, 2.24) is 0 Å². The van der Waals surface area contributed by atoms with E-state index in [1.54, 1.807) is 12.1 Å². The Balaban J connectivity index is 1.62. The van der Waals surface area contributed by atoms with Gasteiger partial charge in [-0.05, 0) is 47.5 Å². The largest absolute Gasteiger partial charge is 0.489 e. The highest BCUT2D eigenvalue weighted by Gasteiger charge is 2.09. The van der Waals surface area contributed by atoms with Gasteiger partial charge < -0.3 is 10.1 Å². The minimum Gasteiger partial charge on any atom is -0.489 e. The summed E-state index contributed by atoms with van der Waals surface area (Å²) in [5.74, 6) is -0.528. The molecule has 0 saturated carbocycles. The van der Waals surface area contributed by atoms with Crippen LogP contribution >= 0.6 is 0 Å². The zero-order valence-electron chi connectivity index (χ0n) is 16.7. The maximum atomic E-state index is 13.8. The van der Waals surface area contributed by atoms with Crippen molar-refractivity contribution in [3.8, 4) is 5.75 Å². The Morgan fingerprint density at radius 3 is 2.55 bits per heavy atom. The Morgan fingerprint density at radius 1 is 1.03 bits per heavy atom. The highest BCUT2D eigenvalue weighted by atomic mass is 32.2. The van der Waals surface area contributed by atoms with Crippen molar-refractivity contribution in [3.63, 3.8) is 0 Å². The van der Waals surface area contributed by atoms with Gasteiger partial charge in [0.25, 0.3) is 0 Å². The standard InChI is InChI=1S/C23H21FN2O4S/c1-31(28,29)26-22-15-19(11-12-21(22)24)25-23(27)13-10-17-8-5-9-20(14-17)30-16-18-6-3-2-4-7-18/h2-15,26H,16H2,1H3,(H,25,27)/b13-10+. The summed E-state index contributed by atoms with van der Waals surface area (Å²) in [6, 6.07) is 20.7. The van der Waals surface area contributed by atoms with Gasteiger partial charge in [-0.15, -0.1) is 0 Å². The Morgan fingerprint density at radius 2 is 1.81 bits per heavy atom. The molecule has 0 aliphatic rings. The minimum atomic E-state index is -3.65. The van der Waals surface area contributed by atoms with Gasteiger partial charge in [0.15, 0.2) is 0 Å². The number of anilines is 2. The third-order valence-corrected chi connectivity index (χ3v) is 4.65. The van der Waals surface area contributed by atoms with Crippen LogP contribution in [-0.2, 0) is 21.4 Å². The molecule has 2 N–H and O–H groups in total. The van der Waals surface area contributed by atoms with E-state index in [9.17, 15) is 17.6 Å². The zero-order valence-corrected chi connectivity index (χ0v) is 17.5. The van der Waals surface area contributed by atoms with Gasteiger partial charge in [-0.1, -0.05) is 42.5 Å². The van der Waals surface area contributed by atoms with Gasteiger partial charge in [-0.3, -0.25) is 9.52 Å². The van der Waals surface area contributed by atoms with E-state index in [2.05, 4.69) is 10.0 Å². The summed E-state index contributed by atoms with van der Waals surface area (Å²) >= 11 is 0. The zero-order chi connectivity index (χ0) is 22.3. The number of sulfonamides is 1. The highest BCUT2D eigenvalue weighted by Crippen LogP contribution is 2.21. The summed E-state index contributed by atoms with van der Waals surface area (Å²) < 4.78 is 44.2. The van der Waals surface area contributed by atoms with Gasteiger partial charge in [-0.2, -0.15) is 0 Å². The third-order valence-electron chi connectivity index (χ3n) is 4.06. The van der Waals surface area contributed by atoms with Crippen LogP contribution in [-0.4, -0.2) is 20.6 Å². The lowest BCUT2D eigenvalue weighted by atomic mass is 10.2. The molecule has 0 saturated heterocycles. The number of amides is 1. The van der Waals surface area contributed by atoms with Crippen LogP contribution in [0.2, 0.25) is 0 Å². The van der Waals surface area contributed by atoms with Crippen molar-refractivity contribution < 1.29 is 22.3 Å². The van der Waals surface area contributed by atoms with Crippen molar-refractivity contribution in [2.45, 2.75) is 6.61 Å². The van der Waals surface area contributed by atoms with Crippen LogP contribution in [0.1, 0.15) is 11.1 Å². The molecule has 0 fully saturated rings. The van der Waals surface area contributed by atoms with E-state index in [-0.39, 0.29) is 11.4 Å². The average Bonchev–Trinajstić information content (AvgIpc) is 2.73. The van der Waals surface area contributed by atoms with Crippen molar-refractivity contribution in [1.29, 1.82) is 0 Å². The van der Waals surface area contributed by atoms with Crippen molar-refractivity contribution in [2.75, 3.05) is 16.3 Å². The average molecular weight is 440 g/mol. The molecule has 0 unspecified atom stereocenters. The highest BCUT2D eigenvalue weighted by molar-refractivity contribution is 7.92. The molecule has 0 heterocycles.